The summed E-state index contributed by atoms with van der Waals surface area (Å²) in [6, 6.07) is 21.7. The van der Waals surface area contributed by atoms with E-state index in [2.05, 4.69) is 97.0 Å². The molecule has 0 spiro atoms. The first-order chi connectivity index (χ1) is 18.1. The van der Waals surface area contributed by atoms with Crippen LogP contribution in [0.15, 0.2) is 66.7 Å². The number of aryl methyl sites for hydroxylation is 2. The Balaban J connectivity index is 1.75. The summed E-state index contributed by atoms with van der Waals surface area (Å²) < 4.78 is 41.1. The van der Waals surface area contributed by atoms with Gasteiger partial charge in [-0.15, -0.1) is 0 Å². The van der Waals surface area contributed by atoms with Crippen LogP contribution >= 0.6 is 0 Å². The zero-order valence-electron chi connectivity index (χ0n) is 24.2. The quantitative estimate of drug-likeness (QED) is 0.215. The van der Waals surface area contributed by atoms with Crippen molar-refractivity contribution in [2.75, 3.05) is 0 Å². The number of rotatable bonds is 2. The smallest absolute Gasteiger partial charge is 0.166 e. The van der Waals surface area contributed by atoms with Crippen LogP contribution in [0.5, 0.6) is 0 Å². The van der Waals surface area contributed by atoms with Gasteiger partial charge in [-0.2, -0.15) is 13.2 Å². The number of halogens is 3. The first-order valence-corrected chi connectivity index (χ1v) is 13.6. The van der Waals surface area contributed by atoms with E-state index in [0.717, 1.165) is 23.1 Å². The lowest BCUT2D eigenvalue weighted by Gasteiger charge is -2.27. The molecule has 0 unspecified atom stereocenters. The zero-order valence-corrected chi connectivity index (χ0v) is 24.2. The summed E-state index contributed by atoms with van der Waals surface area (Å²) in [5.41, 5.74) is 12.5. The van der Waals surface area contributed by atoms with E-state index in [0.29, 0.717) is 5.56 Å². The summed E-state index contributed by atoms with van der Waals surface area (Å²) >= 11 is 0. The Morgan fingerprint density at radius 1 is 0.513 bits per heavy atom. The molecule has 0 fully saturated rings. The van der Waals surface area contributed by atoms with Crippen molar-refractivity contribution in [1.82, 2.24) is 0 Å². The predicted molar refractivity (Wildman–Crippen MR) is 157 cm³/mol. The standard InChI is InChI=1S/C36H37F3/c1-21-11-9-10-12-26(21)30-16-23-15-24-17-31(27-18-25(36(37,38)39)14-13-22(27)2)33(35(6,7)8)20-29(24)28(23)19-32(30)34(3,4)5/h9-14,16-20H,15H2,1-8H3. The molecule has 0 aromatic heterocycles. The molecular formula is C36H37F3. The highest BCUT2D eigenvalue weighted by Gasteiger charge is 2.33. The van der Waals surface area contributed by atoms with Crippen LogP contribution in [-0.4, -0.2) is 0 Å². The number of hydrogen-bond donors (Lipinski definition) is 0. The van der Waals surface area contributed by atoms with Crippen LogP contribution in [0.2, 0.25) is 0 Å². The third-order valence-corrected chi connectivity index (χ3v) is 8.06. The van der Waals surface area contributed by atoms with E-state index in [4.69, 9.17) is 0 Å². The summed E-state index contributed by atoms with van der Waals surface area (Å²) in [6.45, 7) is 17.2. The Morgan fingerprint density at radius 3 is 1.49 bits per heavy atom. The van der Waals surface area contributed by atoms with Gasteiger partial charge < -0.3 is 0 Å². The Kier molecular flexibility index (Phi) is 6.37. The van der Waals surface area contributed by atoms with Gasteiger partial charge in [0.15, 0.2) is 0 Å². The van der Waals surface area contributed by atoms with E-state index in [-0.39, 0.29) is 10.8 Å². The monoisotopic (exact) mass is 526 g/mol. The Hall–Kier alpha value is -3.33. The van der Waals surface area contributed by atoms with Crippen molar-refractivity contribution < 1.29 is 13.2 Å². The molecule has 0 saturated carbocycles. The highest BCUT2D eigenvalue weighted by molar-refractivity contribution is 5.87. The lowest BCUT2D eigenvalue weighted by Crippen LogP contribution is -2.14. The molecule has 202 valence electrons. The van der Waals surface area contributed by atoms with Crippen molar-refractivity contribution in [2.24, 2.45) is 0 Å². The first kappa shape index (κ1) is 27.2. The largest absolute Gasteiger partial charge is 0.416 e. The van der Waals surface area contributed by atoms with Gasteiger partial charge >= 0.3 is 6.18 Å². The van der Waals surface area contributed by atoms with Crippen molar-refractivity contribution in [1.29, 1.82) is 0 Å². The van der Waals surface area contributed by atoms with E-state index in [1.54, 1.807) is 6.07 Å². The van der Waals surface area contributed by atoms with Gasteiger partial charge in [-0.25, -0.2) is 0 Å². The number of hydrogen-bond acceptors (Lipinski definition) is 0. The van der Waals surface area contributed by atoms with E-state index in [1.807, 2.05) is 6.92 Å². The average molecular weight is 527 g/mol. The molecule has 0 amide bonds. The van der Waals surface area contributed by atoms with Crippen LogP contribution < -0.4 is 0 Å². The van der Waals surface area contributed by atoms with E-state index in [9.17, 15) is 13.2 Å². The van der Waals surface area contributed by atoms with Crippen molar-refractivity contribution in [3.05, 3.63) is 106 Å². The van der Waals surface area contributed by atoms with E-state index in [1.165, 1.54) is 56.6 Å². The second kappa shape index (κ2) is 9.11. The van der Waals surface area contributed by atoms with Crippen LogP contribution in [0, 0.1) is 13.8 Å². The average Bonchev–Trinajstić information content (AvgIpc) is 3.18. The van der Waals surface area contributed by atoms with Gasteiger partial charge in [0, 0.05) is 0 Å². The van der Waals surface area contributed by atoms with Crippen LogP contribution in [-0.2, 0) is 23.4 Å². The number of fused-ring (bicyclic) bond motifs is 3. The molecule has 0 bridgehead atoms. The molecule has 0 nitrogen and oxygen atoms in total. The topological polar surface area (TPSA) is 0 Å². The number of alkyl halides is 3. The summed E-state index contributed by atoms with van der Waals surface area (Å²) in [7, 11) is 0. The van der Waals surface area contributed by atoms with E-state index < -0.39 is 11.7 Å². The van der Waals surface area contributed by atoms with Gasteiger partial charge in [-0.3, -0.25) is 0 Å². The highest BCUT2D eigenvalue weighted by atomic mass is 19.4. The minimum Gasteiger partial charge on any atom is -0.166 e. The Labute approximate surface area is 230 Å². The molecule has 5 rings (SSSR count). The summed E-state index contributed by atoms with van der Waals surface area (Å²) in [5, 5.41) is 0. The molecule has 0 heterocycles. The SMILES string of the molecule is Cc1ccccc1-c1cc2c(cc1C(C)(C)C)-c1cc(C(C)(C)C)c(-c3cc(C(F)(F)F)ccc3C)cc1C2. The maximum absolute atomic E-state index is 13.7. The Morgan fingerprint density at radius 2 is 1.00 bits per heavy atom. The fourth-order valence-corrected chi connectivity index (χ4v) is 5.94. The van der Waals surface area contributed by atoms with Crippen molar-refractivity contribution in [3.8, 4) is 33.4 Å². The third-order valence-electron chi connectivity index (χ3n) is 8.06. The minimum absolute atomic E-state index is 0.0582. The van der Waals surface area contributed by atoms with Crippen molar-refractivity contribution in [2.45, 2.75) is 78.8 Å². The van der Waals surface area contributed by atoms with Gasteiger partial charge in [-0.05, 0) is 134 Å². The maximum atomic E-state index is 13.7. The maximum Gasteiger partial charge on any atom is 0.416 e. The second-order valence-corrected chi connectivity index (χ2v) is 13.1. The minimum atomic E-state index is -4.38. The Bertz CT molecular complexity index is 1590. The zero-order chi connectivity index (χ0) is 28.5. The number of benzene rings is 4. The molecule has 0 atom stereocenters. The molecule has 0 radical (unpaired) electrons. The van der Waals surface area contributed by atoms with Crippen molar-refractivity contribution in [3.63, 3.8) is 0 Å². The van der Waals surface area contributed by atoms with Gasteiger partial charge in [0.05, 0.1) is 5.56 Å². The molecular weight excluding hydrogens is 489 g/mol. The first-order valence-electron chi connectivity index (χ1n) is 13.6. The highest BCUT2D eigenvalue weighted by Crippen LogP contribution is 2.48. The predicted octanol–water partition coefficient (Wildman–Crippen LogP) is 10.8. The van der Waals surface area contributed by atoms with Gasteiger partial charge in [0.25, 0.3) is 0 Å². The fraction of sp³-hybridized carbons (Fsp3) is 0.333. The van der Waals surface area contributed by atoms with Crippen LogP contribution in [0.4, 0.5) is 13.2 Å². The van der Waals surface area contributed by atoms with E-state index >= 15 is 0 Å². The summed E-state index contributed by atoms with van der Waals surface area (Å²) in [6.07, 6.45) is -3.62. The molecule has 1 aliphatic rings. The molecule has 0 saturated heterocycles. The lowest BCUT2D eigenvalue weighted by molar-refractivity contribution is -0.137. The molecule has 4 aromatic carbocycles. The summed E-state index contributed by atoms with van der Waals surface area (Å²) in [5.74, 6) is 0. The molecule has 4 aromatic rings. The normalized spacial score (nSPS) is 13.4. The van der Waals surface area contributed by atoms with Gasteiger partial charge in [0.1, 0.15) is 0 Å². The molecule has 0 aliphatic heterocycles. The molecule has 3 heteroatoms. The fourth-order valence-electron chi connectivity index (χ4n) is 5.94. The van der Waals surface area contributed by atoms with Gasteiger partial charge in [0.2, 0.25) is 0 Å². The lowest BCUT2D eigenvalue weighted by atomic mass is 9.77. The summed E-state index contributed by atoms with van der Waals surface area (Å²) in [4.78, 5) is 0. The van der Waals surface area contributed by atoms with Crippen LogP contribution in [0.1, 0.15) is 80.5 Å². The molecule has 39 heavy (non-hydrogen) atoms. The third kappa shape index (κ3) is 4.93. The van der Waals surface area contributed by atoms with Crippen molar-refractivity contribution >= 4 is 0 Å². The van der Waals surface area contributed by atoms with Gasteiger partial charge in [-0.1, -0.05) is 71.9 Å². The molecule has 1 aliphatic carbocycles. The molecule has 0 N–H and O–H groups in total. The second-order valence-electron chi connectivity index (χ2n) is 13.1. The van der Waals surface area contributed by atoms with Crippen LogP contribution in [0.3, 0.4) is 0 Å². The van der Waals surface area contributed by atoms with Crippen LogP contribution in [0.25, 0.3) is 33.4 Å².